The number of ether oxygens (including phenoxy) is 2. The third-order valence-electron chi connectivity index (χ3n) is 5.77. The second-order valence-electron chi connectivity index (χ2n) is 7.41. The van der Waals surface area contributed by atoms with Gasteiger partial charge in [-0.2, -0.15) is 0 Å². The summed E-state index contributed by atoms with van der Waals surface area (Å²) < 4.78 is 11.1. The summed E-state index contributed by atoms with van der Waals surface area (Å²) in [5, 5.41) is 0. The molecule has 1 aliphatic carbocycles. The maximum absolute atomic E-state index is 12.0. The number of nitrogens with zero attached hydrogens (tertiary/aromatic N) is 1. The quantitative estimate of drug-likeness (QED) is 0.908. The minimum Gasteiger partial charge on any atom is -0.453 e. The van der Waals surface area contributed by atoms with E-state index in [1.807, 2.05) is 6.92 Å². The first-order valence-electron chi connectivity index (χ1n) is 9.38. The molecular weight excluding hydrogens is 316 g/mol. The van der Waals surface area contributed by atoms with E-state index in [4.69, 9.17) is 15.2 Å². The number of likely N-dealkylation sites (tertiary alicyclic amines) is 1. The summed E-state index contributed by atoms with van der Waals surface area (Å²) in [7, 11) is 1.42. The molecule has 1 aromatic rings. The summed E-state index contributed by atoms with van der Waals surface area (Å²) in [4.78, 5) is 13.8. The van der Waals surface area contributed by atoms with Gasteiger partial charge in [0.1, 0.15) is 0 Å². The van der Waals surface area contributed by atoms with Gasteiger partial charge in [0, 0.05) is 12.1 Å². The van der Waals surface area contributed by atoms with Gasteiger partial charge in [-0.15, -0.1) is 0 Å². The highest BCUT2D eigenvalue weighted by molar-refractivity contribution is 5.69. The van der Waals surface area contributed by atoms with Crippen molar-refractivity contribution in [1.82, 2.24) is 4.90 Å². The summed E-state index contributed by atoms with van der Waals surface area (Å²) in [5.74, 6) is 0.640. The maximum atomic E-state index is 12.0. The average Bonchev–Trinajstić information content (AvgIpc) is 2.93. The normalized spacial score (nSPS) is 32.6. The molecule has 1 aliphatic heterocycles. The van der Waals surface area contributed by atoms with Gasteiger partial charge in [0.25, 0.3) is 0 Å². The van der Waals surface area contributed by atoms with Gasteiger partial charge in [-0.3, -0.25) is 4.90 Å². The van der Waals surface area contributed by atoms with Crippen molar-refractivity contribution in [2.45, 2.75) is 69.2 Å². The Labute approximate surface area is 150 Å². The van der Waals surface area contributed by atoms with E-state index < -0.39 is 0 Å². The number of carbonyl (C=O) groups is 1. The van der Waals surface area contributed by atoms with Crippen molar-refractivity contribution in [2.24, 2.45) is 5.73 Å². The van der Waals surface area contributed by atoms with E-state index in [0.29, 0.717) is 12.5 Å². The number of benzene rings is 1. The summed E-state index contributed by atoms with van der Waals surface area (Å²) in [6.45, 7) is 2.52. The highest BCUT2D eigenvalue weighted by atomic mass is 16.5. The molecule has 1 aromatic carbocycles. The van der Waals surface area contributed by atoms with E-state index in [9.17, 15) is 4.79 Å². The molecule has 1 saturated carbocycles. The topological polar surface area (TPSA) is 64.8 Å². The second-order valence-corrected chi connectivity index (χ2v) is 7.41. The van der Waals surface area contributed by atoms with E-state index in [2.05, 4.69) is 30.3 Å². The van der Waals surface area contributed by atoms with Crippen LogP contribution in [0.3, 0.4) is 0 Å². The van der Waals surface area contributed by atoms with Crippen molar-refractivity contribution in [2.75, 3.05) is 13.7 Å². The molecular formula is C20H30N2O3. The smallest absolute Gasteiger partial charge is 0.410 e. The molecule has 0 radical (unpaired) electrons. The molecule has 2 N–H and O–H groups in total. The lowest BCUT2D eigenvalue weighted by molar-refractivity contribution is -0.00790. The van der Waals surface area contributed by atoms with Crippen molar-refractivity contribution in [3.05, 3.63) is 35.9 Å². The molecule has 5 heteroatoms. The lowest BCUT2D eigenvalue weighted by Crippen LogP contribution is -2.47. The van der Waals surface area contributed by atoms with Gasteiger partial charge in [0.05, 0.1) is 25.9 Å². The molecule has 25 heavy (non-hydrogen) atoms. The second kappa shape index (κ2) is 8.19. The first-order valence-corrected chi connectivity index (χ1v) is 9.38. The van der Waals surface area contributed by atoms with Crippen LogP contribution in [0.1, 0.15) is 50.5 Å². The van der Waals surface area contributed by atoms with E-state index in [1.54, 1.807) is 4.90 Å². The standard InChI is InChI=1S/C20H30N2O3/c1-14-12-18(21)19(22(14)20(23)24-2)13-25-17-10-8-16(9-11-17)15-6-4-3-5-7-15/h3-7,14,16-19H,8-13,21H2,1-2H3/t14-,16?,17?,18+,19+/m1/s1. The molecule has 1 saturated heterocycles. The first kappa shape index (κ1) is 18.2. The molecule has 2 fully saturated rings. The predicted octanol–water partition coefficient (Wildman–Crippen LogP) is 3.29. The van der Waals surface area contributed by atoms with Gasteiger partial charge in [0.15, 0.2) is 0 Å². The maximum Gasteiger partial charge on any atom is 0.410 e. The van der Waals surface area contributed by atoms with Gasteiger partial charge in [0.2, 0.25) is 0 Å². The number of hydrogen-bond donors (Lipinski definition) is 1. The molecule has 138 valence electrons. The zero-order chi connectivity index (χ0) is 17.8. The Balaban J connectivity index is 1.50. The van der Waals surface area contributed by atoms with Gasteiger partial charge < -0.3 is 15.2 Å². The van der Waals surface area contributed by atoms with Crippen LogP contribution in [0.4, 0.5) is 4.79 Å². The van der Waals surface area contributed by atoms with Crippen molar-refractivity contribution in [3.8, 4) is 0 Å². The highest BCUT2D eigenvalue weighted by Crippen LogP contribution is 2.34. The summed E-state index contributed by atoms with van der Waals surface area (Å²) in [6.07, 6.45) is 5.20. The fourth-order valence-electron chi connectivity index (χ4n) is 4.35. The van der Waals surface area contributed by atoms with Gasteiger partial charge in [-0.1, -0.05) is 30.3 Å². The zero-order valence-corrected chi connectivity index (χ0v) is 15.3. The zero-order valence-electron chi connectivity index (χ0n) is 15.3. The number of hydrogen-bond acceptors (Lipinski definition) is 4. The van der Waals surface area contributed by atoms with E-state index in [-0.39, 0.29) is 30.3 Å². The number of rotatable bonds is 4. The molecule has 5 nitrogen and oxygen atoms in total. The molecule has 1 amide bonds. The third-order valence-corrected chi connectivity index (χ3v) is 5.77. The van der Waals surface area contributed by atoms with Crippen LogP contribution in [0.2, 0.25) is 0 Å². The predicted molar refractivity (Wildman–Crippen MR) is 97.5 cm³/mol. The third kappa shape index (κ3) is 4.15. The molecule has 3 atom stereocenters. The molecule has 3 rings (SSSR count). The molecule has 0 unspecified atom stereocenters. The molecule has 0 bridgehead atoms. The van der Waals surface area contributed by atoms with Gasteiger partial charge >= 0.3 is 6.09 Å². The van der Waals surface area contributed by atoms with Crippen LogP contribution >= 0.6 is 0 Å². The van der Waals surface area contributed by atoms with Crippen LogP contribution < -0.4 is 5.73 Å². The van der Waals surface area contributed by atoms with Crippen LogP contribution in [-0.4, -0.2) is 48.9 Å². The van der Waals surface area contributed by atoms with Crippen molar-refractivity contribution < 1.29 is 14.3 Å². The van der Waals surface area contributed by atoms with E-state index >= 15 is 0 Å². The van der Waals surface area contributed by atoms with Crippen LogP contribution in [0.25, 0.3) is 0 Å². The fraction of sp³-hybridized carbons (Fsp3) is 0.650. The number of methoxy groups -OCH3 is 1. The van der Waals surface area contributed by atoms with Gasteiger partial charge in [-0.25, -0.2) is 4.79 Å². The Morgan fingerprint density at radius 2 is 1.88 bits per heavy atom. The van der Waals surface area contributed by atoms with Crippen LogP contribution in [0, 0.1) is 0 Å². The monoisotopic (exact) mass is 346 g/mol. The summed E-state index contributed by atoms with van der Waals surface area (Å²) >= 11 is 0. The van der Waals surface area contributed by atoms with Crippen LogP contribution in [0.15, 0.2) is 30.3 Å². The highest BCUT2D eigenvalue weighted by Gasteiger charge is 2.41. The van der Waals surface area contributed by atoms with E-state index in [0.717, 1.165) is 32.1 Å². The Hall–Kier alpha value is -1.59. The Morgan fingerprint density at radius 1 is 1.20 bits per heavy atom. The number of carbonyl (C=O) groups excluding carboxylic acids is 1. The summed E-state index contributed by atoms with van der Waals surface area (Å²) in [6, 6.07) is 10.7. The Kier molecular flexibility index (Phi) is 5.97. The average molecular weight is 346 g/mol. The van der Waals surface area contributed by atoms with Crippen LogP contribution in [0.5, 0.6) is 0 Å². The van der Waals surface area contributed by atoms with E-state index in [1.165, 1.54) is 12.7 Å². The minimum absolute atomic E-state index is 0.0465. The number of nitrogens with two attached hydrogens (primary N) is 1. The Morgan fingerprint density at radius 3 is 2.52 bits per heavy atom. The van der Waals surface area contributed by atoms with Crippen molar-refractivity contribution in [3.63, 3.8) is 0 Å². The number of amides is 1. The largest absolute Gasteiger partial charge is 0.453 e. The lowest BCUT2D eigenvalue weighted by atomic mass is 9.83. The summed E-state index contributed by atoms with van der Waals surface area (Å²) in [5.41, 5.74) is 7.67. The Bertz CT molecular complexity index is 557. The van der Waals surface area contributed by atoms with Crippen molar-refractivity contribution in [1.29, 1.82) is 0 Å². The molecule has 0 aromatic heterocycles. The van der Waals surface area contributed by atoms with Crippen molar-refractivity contribution >= 4 is 6.09 Å². The fourth-order valence-corrected chi connectivity index (χ4v) is 4.35. The SMILES string of the molecule is COC(=O)N1[C@H](C)C[C@H](N)[C@@H]1COC1CCC(c2ccccc2)CC1. The molecule has 1 heterocycles. The van der Waals surface area contributed by atoms with Crippen LogP contribution in [-0.2, 0) is 9.47 Å². The van der Waals surface area contributed by atoms with Gasteiger partial charge in [-0.05, 0) is 50.5 Å². The molecule has 0 spiro atoms. The molecule has 2 aliphatic rings. The first-order chi connectivity index (χ1) is 12.1. The lowest BCUT2D eigenvalue weighted by Gasteiger charge is -2.32. The minimum atomic E-state index is -0.304.